The van der Waals surface area contributed by atoms with Gasteiger partial charge in [0.25, 0.3) is 0 Å². The number of Topliss-reactive ketones (excluding diaryl/α,β-unsaturated/α-hetero) is 1. The lowest BCUT2D eigenvalue weighted by molar-refractivity contribution is -0.133. The van der Waals surface area contributed by atoms with Gasteiger partial charge in [0, 0.05) is 12.3 Å². The Bertz CT molecular complexity index is 387. The molecule has 2 heteroatoms. The van der Waals surface area contributed by atoms with Crippen molar-refractivity contribution in [2.45, 2.75) is 85.4 Å². The van der Waals surface area contributed by atoms with Crippen molar-refractivity contribution in [1.82, 2.24) is 0 Å². The Hall–Kier alpha value is -0.370. The monoisotopic (exact) mass is 280 g/mol. The number of ketones is 1. The van der Waals surface area contributed by atoms with Gasteiger partial charge in [0.1, 0.15) is 5.78 Å². The maximum Gasteiger partial charge on any atom is 0.136 e. The topological polar surface area (TPSA) is 26.3 Å². The molecule has 0 radical (unpaired) electrons. The highest BCUT2D eigenvalue weighted by Gasteiger charge is 2.52. The molecule has 0 bridgehead atoms. The molecule has 2 aliphatic rings. The lowest BCUT2D eigenvalue weighted by Crippen LogP contribution is -2.41. The van der Waals surface area contributed by atoms with E-state index in [0.29, 0.717) is 23.0 Å². The first-order chi connectivity index (χ1) is 8.92. The van der Waals surface area contributed by atoms with Crippen LogP contribution in [0.2, 0.25) is 0 Å². The fraction of sp³-hybridized carbons (Fsp3) is 0.944. The summed E-state index contributed by atoms with van der Waals surface area (Å²) in [5.74, 6) is 1.70. The molecule has 2 rings (SSSR count). The fourth-order valence-electron chi connectivity index (χ4n) is 4.46. The molecular weight excluding hydrogens is 248 g/mol. The van der Waals surface area contributed by atoms with Gasteiger partial charge in [-0.25, -0.2) is 0 Å². The highest BCUT2D eigenvalue weighted by Crippen LogP contribution is 2.50. The normalized spacial score (nSPS) is 37.1. The van der Waals surface area contributed by atoms with Crippen LogP contribution in [0.1, 0.15) is 74.1 Å². The van der Waals surface area contributed by atoms with Crippen LogP contribution in [0.3, 0.4) is 0 Å². The van der Waals surface area contributed by atoms with E-state index in [-0.39, 0.29) is 17.1 Å². The minimum absolute atomic E-state index is 0.0941. The molecule has 0 amide bonds. The highest BCUT2D eigenvalue weighted by molar-refractivity contribution is 5.82. The van der Waals surface area contributed by atoms with Crippen LogP contribution < -0.4 is 0 Å². The lowest BCUT2D eigenvalue weighted by atomic mass is 9.63. The van der Waals surface area contributed by atoms with E-state index >= 15 is 0 Å². The highest BCUT2D eigenvalue weighted by atomic mass is 16.5. The molecule has 0 aromatic heterocycles. The van der Waals surface area contributed by atoms with E-state index in [1.807, 2.05) is 0 Å². The summed E-state index contributed by atoms with van der Waals surface area (Å²) in [4.78, 5) is 12.5. The zero-order valence-corrected chi connectivity index (χ0v) is 14.4. The summed E-state index contributed by atoms with van der Waals surface area (Å²) in [6.45, 7) is 15.6. The van der Waals surface area contributed by atoms with E-state index in [0.717, 1.165) is 25.7 Å². The van der Waals surface area contributed by atoms with E-state index in [2.05, 4.69) is 48.5 Å². The summed E-state index contributed by atoms with van der Waals surface area (Å²) in [5, 5.41) is 0. The third-order valence-electron chi connectivity index (χ3n) is 5.55. The third-order valence-corrected chi connectivity index (χ3v) is 5.55. The summed E-state index contributed by atoms with van der Waals surface area (Å²) >= 11 is 0. The second kappa shape index (κ2) is 4.83. The molecule has 3 unspecified atom stereocenters. The van der Waals surface area contributed by atoms with Crippen molar-refractivity contribution < 1.29 is 9.53 Å². The van der Waals surface area contributed by atoms with Gasteiger partial charge in [-0.2, -0.15) is 0 Å². The molecule has 1 aliphatic carbocycles. The Balaban J connectivity index is 2.20. The van der Waals surface area contributed by atoms with Gasteiger partial charge in [0.2, 0.25) is 0 Å². The zero-order valence-electron chi connectivity index (χ0n) is 14.4. The summed E-state index contributed by atoms with van der Waals surface area (Å²) in [7, 11) is 0. The molecule has 1 saturated heterocycles. The number of carbonyl (C=O) groups is 1. The predicted molar refractivity (Wildman–Crippen MR) is 82.6 cm³/mol. The summed E-state index contributed by atoms with van der Waals surface area (Å²) < 4.78 is 6.22. The van der Waals surface area contributed by atoms with Crippen LogP contribution in [0.5, 0.6) is 0 Å². The van der Waals surface area contributed by atoms with Gasteiger partial charge in [-0.15, -0.1) is 0 Å². The molecular formula is C18H32O2. The van der Waals surface area contributed by atoms with Crippen LogP contribution in [-0.4, -0.2) is 17.0 Å². The molecule has 2 nitrogen and oxygen atoms in total. The largest absolute Gasteiger partial charge is 0.369 e. The Morgan fingerprint density at radius 3 is 2.20 bits per heavy atom. The van der Waals surface area contributed by atoms with Gasteiger partial charge < -0.3 is 4.74 Å². The van der Waals surface area contributed by atoms with E-state index in [1.165, 1.54) is 0 Å². The van der Waals surface area contributed by atoms with Crippen molar-refractivity contribution in [2.24, 2.45) is 23.2 Å². The quantitative estimate of drug-likeness (QED) is 0.701. The van der Waals surface area contributed by atoms with Gasteiger partial charge in [-0.1, -0.05) is 20.8 Å². The Labute approximate surface area is 124 Å². The molecule has 1 aliphatic heterocycles. The van der Waals surface area contributed by atoms with Gasteiger partial charge in [0.05, 0.1) is 11.2 Å². The van der Waals surface area contributed by atoms with Crippen molar-refractivity contribution in [2.75, 3.05) is 0 Å². The van der Waals surface area contributed by atoms with E-state index in [1.54, 1.807) is 0 Å². The minimum Gasteiger partial charge on any atom is -0.369 e. The van der Waals surface area contributed by atoms with Crippen LogP contribution in [0.4, 0.5) is 0 Å². The van der Waals surface area contributed by atoms with Crippen LogP contribution in [-0.2, 0) is 9.53 Å². The maximum atomic E-state index is 12.5. The second-order valence-corrected chi connectivity index (χ2v) is 9.19. The predicted octanol–water partition coefficient (Wildman–Crippen LogP) is 4.61. The molecule has 0 spiro atoms. The standard InChI is InChI=1S/C18H32O2/c1-16(2,3)12-8-9-15(19)13(10-12)14-11-17(4,5)20-18(14,6)7/h12-14H,8-11H2,1-7H3. The third kappa shape index (κ3) is 3.10. The molecule has 0 N–H and O–H groups in total. The number of hydrogen-bond donors (Lipinski definition) is 0. The summed E-state index contributed by atoms with van der Waals surface area (Å²) in [6.07, 6.45) is 3.89. The average Bonchev–Trinajstić information content (AvgIpc) is 2.45. The van der Waals surface area contributed by atoms with Crippen LogP contribution in [0.15, 0.2) is 0 Å². The van der Waals surface area contributed by atoms with Crippen molar-refractivity contribution in [3.8, 4) is 0 Å². The second-order valence-electron chi connectivity index (χ2n) is 9.19. The van der Waals surface area contributed by atoms with Crippen LogP contribution >= 0.6 is 0 Å². The molecule has 3 atom stereocenters. The fourth-order valence-corrected chi connectivity index (χ4v) is 4.46. The van der Waals surface area contributed by atoms with Gasteiger partial charge in [0.15, 0.2) is 0 Å². The molecule has 20 heavy (non-hydrogen) atoms. The van der Waals surface area contributed by atoms with Crippen molar-refractivity contribution in [3.05, 3.63) is 0 Å². The first-order valence-corrected chi connectivity index (χ1v) is 8.15. The number of ether oxygens (including phenoxy) is 1. The molecule has 2 fully saturated rings. The number of rotatable bonds is 1. The zero-order chi connectivity index (χ0) is 15.3. The molecule has 0 aromatic rings. The van der Waals surface area contributed by atoms with Crippen LogP contribution in [0.25, 0.3) is 0 Å². The molecule has 0 aromatic carbocycles. The van der Waals surface area contributed by atoms with Gasteiger partial charge in [-0.3, -0.25) is 4.79 Å². The van der Waals surface area contributed by atoms with Gasteiger partial charge >= 0.3 is 0 Å². The summed E-state index contributed by atoms with van der Waals surface area (Å²) in [6, 6.07) is 0. The first kappa shape index (κ1) is 16.0. The van der Waals surface area contributed by atoms with E-state index in [4.69, 9.17) is 4.74 Å². The first-order valence-electron chi connectivity index (χ1n) is 8.15. The Morgan fingerprint density at radius 2 is 1.75 bits per heavy atom. The minimum atomic E-state index is -0.177. The van der Waals surface area contributed by atoms with Crippen LogP contribution in [0, 0.1) is 23.2 Å². The average molecular weight is 280 g/mol. The number of carbonyl (C=O) groups excluding carboxylic acids is 1. The Kier molecular flexibility index (Phi) is 3.86. The Morgan fingerprint density at radius 1 is 1.15 bits per heavy atom. The van der Waals surface area contributed by atoms with Gasteiger partial charge in [-0.05, 0) is 64.2 Å². The lowest BCUT2D eigenvalue weighted by Gasteiger charge is -2.41. The van der Waals surface area contributed by atoms with Crippen molar-refractivity contribution >= 4 is 5.78 Å². The number of hydrogen-bond acceptors (Lipinski definition) is 2. The molecule has 116 valence electrons. The summed E-state index contributed by atoms with van der Waals surface area (Å²) in [5.41, 5.74) is 0.0325. The van der Waals surface area contributed by atoms with Crippen molar-refractivity contribution in [3.63, 3.8) is 0 Å². The molecule has 1 saturated carbocycles. The smallest absolute Gasteiger partial charge is 0.136 e. The SMILES string of the molecule is CC1(C)CC(C2CC(C(C)(C)C)CCC2=O)C(C)(C)O1. The van der Waals surface area contributed by atoms with E-state index < -0.39 is 0 Å². The van der Waals surface area contributed by atoms with E-state index in [9.17, 15) is 4.79 Å². The maximum absolute atomic E-state index is 12.5. The molecule has 1 heterocycles. The van der Waals surface area contributed by atoms with Crippen molar-refractivity contribution in [1.29, 1.82) is 0 Å².